The second kappa shape index (κ2) is 4.51. The fraction of sp³-hybridized carbons (Fsp3) is 0.400. The third-order valence-corrected chi connectivity index (χ3v) is 3.23. The van der Waals surface area contributed by atoms with E-state index in [0.29, 0.717) is 22.6 Å². The summed E-state index contributed by atoms with van der Waals surface area (Å²) in [5.74, 6) is 0.284. The normalized spacial score (nSPS) is 12.8. The summed E-state index contributed by atoms with van der Waals surface area (Å²) < 4.78 is 24.5. The molecular formula is C10H13FOS. The molecule has 1 unspecified atom stereocenters. The molecule has 13 heavy (non-hydrogen) atoms. The quantitative estimate of drug-likeness (QED) is 0.732. The molecule has 3 heteroatoms. The van der Waals surface area contributed by atoms with E-state index < -0.39 is 10.8 Å². The predicted molar refractivity (Wildman–Crippen MR) is 52.7 cm³/mol. The molecule has 0 heterocycles. The van der Waals surface area contributed by atoms with E-state index in [1.807, 2.05) is 13.8 Å². The van der Waals surface area contributed by atoms with E-state index in [1.165, 1.54) is 6.07 Å². The van der Waals surface area contributed by atoms with Crippen molar-refractivity contribution >= 4 is 10.8 Å². The maximum absolute atomic E-state index is 13.2. The second-order valence-corrected chi connectivity index (χ2v) is 4.48. The third-order valence-electron chi connectivity index (χ3n) is 1.93. The minimum Gasteiger partial charge on any atom is -0.254 e. The van der Waals surface area contributed by atoms with Crippen LogP contribution >= 0.6 is 0 Å². The van der Waals surface area contributed by atoms with Gasteiger partial charge in [-0.1, -0.05) is 19.9 Å². The summed E-state index contributed by atoms with van der Waals surface area (Å²) in [6.07, 6.45) is 0.672. The molecule has 1 nitrogen and oxygen atoms in total. The standard InChI is InChI=1S/C10H13FOS/c1-3-8-5-6-9(7-10(8)11)13(12)4-2/h5-7H,3-4H2,1-2H3. The molecule has 72 valence electrons. The molecule has 0 saturated heterocycles. The monoisotopic (exact) mass is 200 g/mol. The lowest BCUT2D eigenvalue weighted by atomic mass is 10.2. The summed E-state index contributed by atoms with van der Waals surface area (Å²) in [6.45, 7) is 3.72. The van der Waals surface area contributed by atoms with Gasteiger partial charge in [-0.2, -0.15) is 0 Å². The SMILES string of the molecule is CCc1ccc(S(=O)CC)cc1F. The first-order valence-corrected chi connectivity index (χ1v) is 5.67. The van der Waals surface area contributed by atoms with Crippen LogP contribution in [-0.4, -0.2) is 9.96 Å². The van der Waals surface area contributed by atoms with Crippen molar-refractivity contribution in [3.05, 3.63) is 29.6 Å². The summed E-state index contributed by atoms with van der Waals surface area (Å²) in [5, 5.41) is 0. The summed E-state index contributed by atoms with van der Waals surface area (Å²) in [5.41, 5.74) is 0.678. The number of aryl methyl sites for hydroxylation is 1. The first kappa shape index (κ1) is 10.4. The highest BCUT2D eigenvalue weighted by atomic mass is 32.2. The summed E-state index contributed by atoms with van der Waals surface area (Å²) in [7, 11) is -1.05. The van der Waals surface area contributed by atoms with Crippen LogP contribution in [0.5, 0.6) is 0 Å². The smallest absolute Gasteiger partial charge is 0.127 e. The van der Waals surface area contributed by atoms with E-state index in [0.717, 1.165) is 0 Å². The third kappa shape index (κ3) is 2.37. The van der Waals surface area contributed by atoms with Crippen LogP contribution in [0.25, 0.3) is 0 Å². The molecule has 1 aromatic rings. The fourth-order valence-electron chi connectivity index (χ4n) is 1.12. The van der Waals surface area contributed by atoms with Crippen molar-refractivity contribution in [2.24, 2.45) is 0 Å². The zero-order chi connectivity index (χ0) is 9.84. The number of rotatable bonds is 3. The maximum atomic E-state index is 13.2. The van der Waals surface area contributed by atoms with E-state index in [-0.39, 0.29) is 5.82 Å². The van der Waals surface area contributed by atoms with E-state index in [4.69, 9.17) is 0 Å². The molecule has 0 bridgehead atoms. The van der Waals surface area contributed by atoms with Gasteiger partial charge in [0.05, 0.1) is 10.8 Å². The van der Waals surface area contributed by atoms with Crippen molar-refractivity contribution in [3.8, 4) is 0 Å². The number of hydrogen-bond acceptors (Lipinski definition) is 1. The van der Waals surface area contributed by atoms with Crippen LogP contribution in [0.15, 0.2) is 23.1 Å². The van der Waals surface area contributed by atoms with Crippen molar-refractivity contribution in [3.63, 3.8) is 0 Å². The molecule has 0 aliphatic heterocycles. The highest BCUT2D eigenvalue weighted by molar-refractivity contribution is 7.85. The van der Waals surface area contributed by atoms with Crippen LogP contribution in [0.1, 0.15) is 19.4 Å². The fourth-order valence-corrected chi connectivity index (χ4v) is 1.91. The molecule has 1 rings (SSSR count). The molecule has 0 fully saturated rings. The lowest BCUT2D eigenvalue weighted by Crippen LogP contribution is -1.96. The van der Waals surface area contributed by atoms with E-state index in [9.17, 15) is 8.60 Å². The van der Waals surface area contributed by atoms with E-state index in [1.54, 1.807) is 12.1 Å². The second-order valence-electron chi connectivity index (χ2n) is 2.74. The van der Waals surface area contributed by atoms with Crippen LogP contribution in [-0.2, 0) is 17.2 Å². The van der Waals surface area contributed by atoms with Crippen LogP contribution in [0.2, 0.25) is 0 Å². The molecule has 1 atom stereocenters. The number of halogens is 1. The van der Waals surface area contributed by atoms with Crippen LogP contribution in [0.4, 0.5) is 4.39 Å². The Morgan fingerprint density at radius 3 is 2.54 bits per heavy atom. The molecule has 0 N–H and O–H groups in total. The van der Waals surface area contributed by atoms with Gasteiger partial charge >= 0.3 is 0 Å². The van der Waals surface area contributed by atoms with Gasteiger partial charge in [-0.05, 0) is 24.1 Å². The lowest BCUT2D eigenvalue weighted by molar-refractivity contribution is 0.607. The van der Waals surface area contributed by atoms with Crippen molar-refractivity contribution in [2.45, 2.75) is 25.2 Å². The Morgan fingerprint density at radius 1 is 1.38 bits per heavy atom. The van der Waals surface area contributed by atoms with Crippen molar-refractivity contribution in [2.75, 3.05) is 5.75 Å². The Morgan fingerprint density at radius 2 is 2.08 bits per heavy atom. The first-order valence-electron chi connectivity index (χ1n) is 4.35. The Hall–Kier alpha value is -0.700. The molecule has 0 aromatic heterocycles. The van der Waals surface area contributed by atoms with Gasteiger partial charge in [0.1, 0.15) is 5.82 Å². The molecule has 0 aliphatic rings. The van der Waals surface area contributed by atoms with Crippen molar-refractivity contribution in [1.82, 2.24) is 0 Å². The molecule has 0 amide bonds. The first-order chi connectivity index (χ1) is 6.19. The number of benzene rings is 1. The maximum Gasteiger partial charge on any atom is 0.127 e. The summed E-state index contributed by atoms with van der Waals surface area (Å²) in [4.78, 5) is 0.581. The van der Waals surface area contributed by atoms with Gasteiger partial charge in [-0.25, -0.2) is 4.39 Å². The highest BCUT2D eigenvalue weighted by Gasteiger charge is 2.05. The van der Waals surface area contributed by atoms with Gasteiger partial charge in [-0.3, -0.25) is 4.21 Å². The van der Waals surface area contributed by atoms with Gasteiger partial charge in [-0.15, -0.1) is 0 Å². The molecule has 0 spiro atoms. The minimum absolute atomic E-state index is 0.248. The van der Waals surface area contributed by atoms with Gasteiger partial charge in [0.15, 0.2) is 0 Å². The van der Waals surface area contributed by atoms with Gasteiger partial charge < -0.3 is 0 Å². The average molecular weight is 200 g/mol. The lowest BCUT2D eigenvalue weighted by Gasteiger charge is -2.02. The zero-order valence-corrected chi connectivity index (χ0v) is 8.66. The predicted octanol–water partition coefficient (Wildman–Crippen LogP) is 2.52. The average Bonchev–Trinajstić information content (AvgIpc) is 2.16. The number of hydrogen-bond donors (Lipinski definition) is 0. The highest BCUT2D eigenvalue weighted by Crippen LogP contribution is 2.13. The largest absolute Gasteiger partial charge is 0.254 e. The molecule has 1 aromatic carbocycles. The van der Waals surface area contributed by atoms with Gasteiger partial charge in [0.25, 0.3) is 0 Å². The summed E-state index contributed by atoms with van der Waals surface area (Å²) in [6, 6.07) is 4.82. The molecule has 0 saturated carbocycles. The summed E-state index contributed by atoms with van der Waals surface area (Å²) >= 11 is 0. The molecule has 0 radical (unpaired) electrons. The van der Waals surface area contributed by atoms with Crippen LogP contribution in [0.3, 0.4) is 0 Å². The van der Waals surface area contributed by atoms with Crippen LogP contribution in [0, 0.1) is 5.82 Å². The topological polar surface area (TPSA) is 17.1 Å². The Bertz CT molecular complexity index is 323. The van der Waals surface area contributed by atoms with Gasteiger partial charge in [0.2, 0.25) is 0 Å². The molecular weight excluding hydrogens is 187 g/mol. The Balaban J connectivity index is 3.02. The Labute approximate surface area is 80.4 Å². The Kier molecular flexibility index (Phi) is 3.60. The van der Waals surface area contributed by atoms with E-state index >= 15 is 0 Å². The van der Waals surface area contributed by atoms with Crippen molar-refractivity contribution < 1.29 is 8.60 Å². The van der Waals surface area contributed by atoms with Crippen molar-refractivity contribution in [1.29, 1.82) is 0 Å². The minimum atomic E-state index is -1.05. The van der Waals surface area contributed by atoms with Crippen LogP contribution < -0.4 is 0 Å². The zero-order valence-electron chi connectivity index (χ0n) is 7.84. The van der Waals surface area contributed by atoms with Gasteiger partial charge in [0, 0.05) is 10.6 Å². The molecule has 0 aliphatic carbocycles. The van der Waals surface area contributed by atoms with E-state index in [2.05, 4.69) is 0 Å².